The van der Waals surface area contributed by atoms with Crippen LogP contribution in [0, 0.1) is 0 Å². The summed E-state index contributed by atoms with van der Waals surface area (Å²) in [6.07, 6.45) is -1.23. The molecular weight excluding hydrogens is 342 g/mol. The van der Waals surface area contributed by atoms with Crippen LogP contribution in [-0.4, -0.2) is 39.6 Å². The van der Waals surface area contributed by atoms with Crippen LogP contribution in [0.25, 0.3) is 10.1 Å². The van der Waals surface area contributed by atoms with Gasteiger partial charge in [-0.25, -0.2) is 9.78 Å². The fourth-order valence-electron chi connectivity index (χ4n) is 2.20. The molecule has 3 rings (SSSR count). The van der Waals surface area contributed by atoms with Gasteiger partial charge < -0.3 is 15.7 Å². The van der Waals surface area contributed by atoms with Crippen LogP contribution in [0.1, 0.15) is 10.5 Å². The van der Waals surface area contributed by atoms with Crippen molar-refractivity contribution in [3.05, 3.63) is 48.2 Å². The Hall–Kier alpha value is -3.20. The summed E-state index contributed by atoms with van der Waals surface area (Å²) in [7, 11) is 0. The molecule has 0 saturated heterocycles. The molecule has 2 amide bonds. The summed E-state index contributed by atoms with van der Waals surface area (Å²) in [6.45, 7) is 0.884. The van der Waals surface area contributed by atoms with Gasteiger partial charge in [0.25, 0.3) is 5.91 Å². The third-order valence-electron chi connectivity index (χ3n) is 3.30. The number of aromatic nitrogens is 2. The van der Waals surface area contributed by atoms with Crippen molar-refractivity contribution in [3.8, 4) is 0 Å². The van der Waals surface area contributed by atoms with Gasteiger partial charge in [-0.3, -0.25) is 10.1 Å². The van der Waals surface area contributed by atoms with Gasteiger partial charge in [0.15, 0.2) is 0 Å². The first-order valence-corrected chi connectivity index (χ1v) is 8.24. The molecule has 0 bridgehead atoms. The van der Waals surface area contributed by atoms with Crippen molar-refractivity contribution in [3.63, 3.8) is 0 Å². The maximum atomic E-state index is 12.1. The summed E-state index contributed by atoms with van der Waals surface area (Å²) in [4.78, 5) is 26.6. The second-order valence-corrected chi connectivity index (χ2v) is 5.85. The van der Waals surface area contributed by atoms with Crippen molar-refractivity contribution in [1.82, 2.24) is 14.7 Å². The minimum absolute atomic E-state index is 0.104. The number of carboxylic acid groups (broad SMARTS) is 1. The van der Waals surface area contributed by atoms with E-state index in [2.05, 4.69) is 25.3 Å². The predicted octanol–water partition coefficient (Wildman–Crippen LogP) is 2.62. The third-order valence-corrected chi connectivity index (χ3v) is 4.12. The number of benzene rings is 1. The average Bonchev–Trinajstić information content (AvgIpc) is 3.01. The SMILES string of the molecule is O=C(O)Nc1cccc(C(=O)NCCNc2nsc3ccccc23)n1. The number of hydrogen-bond donors (Lipinski definition) is 4. The van der Waals surface area contributed by atoms with E-state index in [-0.39, 0.29) is 17.4 Å². The molecule has 9 heteroatoms. The van der Waals surface area contributed by atoms with Crippen molar-refractivity contribution in [2.24, 2.45) is 0 Å². The van der Waals surface area contributed by atoms with Gasteiger partial charge >= 0.3 is 6.09 Å². The van der Waals surface area contributed by atoms with Gasteiger partial charge in [0.05, 0.1) is 4.70 Å². The molecular formula is C16H15N5O3S. The molecule has 0 saturated carbocycles. The first kappa shape index (κ1) is 16.7. The highest BCUT2D eigenvalue weighted by atomic mass is 32.1. The van der Waals surface area contributed by atoms with Crippen LogP contribution in [0.5, 0.6) is 0 Å². The lowest BCUT2D eigenvalue weighted by Gasteiger charge is -2.07. The molecule has 0 aliphatic carbocycles. The van der Waals surface area contributed by atoms with Crippen LogP contribution >= 0.6 is 11.5 Å². The number of hydrogen-bond acceptors (Lipinski definition) is 6. The van der Waals surface area contributed by atoms with Gasteiger partial charge in [-0.1, -0.05) is 18.2 Å². The molecule has 0 fully saturated rings. The Labute approximate surface area is 147 Å². The maximum absolute atomic E-state index is 12.1. The quantitative estimate of drug-likeness (QED) is 0.504. The fraction of sp³-hybridized carbons (Fsp3) is 0.125. The Morgan fingerprint density at radius 1 is 1.08 bits per heavy atom. The lowest BCUT2D eigenvalue weighted by molar-refractivity contribution is 0.0950. The molecule has 2 heterocycles. The highest BCUT2D eigenvalue weighted by molar-refractivity contribution is 7.13. The number of pyridine rings is 1. The zero-order valence-corrected chi connectivity index (χ0v) is 13.8. The summed E-state index contributed by atoms with van der Waals surface area (Å²) in [6, 6.07) is 12.5. The standard InChI is InChI=1S/C16H15N5O3S/c22-15(11-5-3-7-13(19-11)20-16(23)24)18-9-8-17-14-10-4-1-2-6-12(10)25-21-14/h1-7H,8-9H2,(H,17,21)(H,18,22)(H,19,20)(H,23,24). The Balaban J connectivity index is 1.52. The highest BCUT2D eigenvalue weighted by Crippen LogP contribution is 2.25. The topological polar surface area (TPSA) is 116 Å². The highest BCUT2D eigenvalue weighted by Gasteiger charge is 2.09. The van der Waals surface area contributed by atoms with Gasteiger partial charge in [0, 0.05) is 18.5 Å². The van der Waals surface area contributed by atoms with Crippen molar-refractivity contribution in [2.75, 3.05) is 23.7 Å². The van der Waals surface area contributed by atoms with Gasteiger partial charge in [-0.05, 0) is 35.8 Å². The first-order valence-electron chi connectivity index (χ1n) is 7.47. The molecule has 0 aliphatic rings. The number of amides is 2. The monoisotopic (exact) mass is 357 g/mol. The molecule has 8 nitrogen and oxygen atoms in total. The predicted molar refractivity (Wildman–Crippen MR) is 96.3 cm³/mol. The molecule has 2 aromatic heterocycles. The van der Waals surface area contributed by atoms with E-state index >= 15 is 0 Å². The van der Waals surface area contributed by atoms with Crippen molar-refractivity contribution in [2.45, 2.75) is 0 Å². The molecule has 0 unspecified atom stereocenters. The van der Waals surface area contributed by atoms with Gasteiger partial charge in [0.1, 0.15) is 17.3 Å². The van der Waals surface area contributed by atoms with Gasteiger partial charge in [-0.15, -0.1) is 0 Å². The second-order valence-electron chi connectivity index (χ2n) is 5.05. The van der Waals surface area contributed by atoms with Crippen molar-refractivity contribution < 1.29 is 14.7 Å². The summed E-state index contributed by atoms with van der Waals surface area (Å²) in [5, 5.41) is 17.7. The molecule has 1 aromatic carbocycles. The zero-order valence-electron chi connectivity index (χ0n) is 13.0. The fourth-order valence-corrected chi connectivity index (χ4v) is 2.96. The smallest absolute Gasteiger partial charge is 0.410 e. The van der Waals surface area contributed by atoms with E-state index in [0.717, 1.165) is 15.9 Å². The van der Waals surface area contributed by atoms with Gasteiger partial charge in [0.2, 0.25) is 0 Å². The summed E-state index contributed by atoms with van der Waals surface area (Å²) < 4.78 is 5.45. The number of nitrogens with zero attached hydrogens (tertiary/aromatic N) is 2. The minimum atomic E-state index is -1.23. The molecule has 4 N–H and O–H groups in total. The second kappa shape index (κ2) is 7.58. The number of carbonyl (C=O) groups is 2. The normalized spacial score (nSPS) is 10.4. The molecule has 0 atom stereocenters. The number of anilines is 2. The van der Waals surface area contributed by atoms with Crippen molar-refractivity contribution in [1.29, 1.82) is 0 Å². The van der Waals surface area contributed by atoms with E-state index in [1.807, 2.05) is 24.3 Å². The van der Waals surface area contributed by atoms with Crippen LogP contribution in [0.2, 0.25) is 0 Å². The molecule has 0 radical (unpaired) electrons. The average molecular weight is 357 g/mol. The number of rotatable bonds is 6. The van der Waals surface area contributed by atoms with Crippen LogP contribution in [0.4, 0.5) is 16.4 Å². The van der Waals surface area contributed by atoms with Crippen LogP contribution < -0.4 is 16.0 Å². The van der Waals surface area contributed by atoms with E-state index < -0.39 is 6.09 Å². The number of fused-ring (bicyclic) bond motifs is 1. The zero-order chi connectivity index (χ0) is 17.6. The summed E-state index contributed by atoms with van der Waals surface area (Å²) in [5.41, 5.74) is 0.144. The van der Waals surface area contributed by atoms with E-state index in [1.54, 1.807) is 6.07 Å². The Morgan fingerprint density at radius 2 is 1.92 bits per heavy atom. The molecule has 0 spiro atoms. The number of nitrogens with one attached hydrogen (secondary N) is 3. The summed E-state index contributed by atoms with van der Waals surface area (Å²) >= 11 is 1.42. The Bertz CT molecular complexity index is 911. The maximum Gasteiger partial charge on any atom is 0.410 e. The summed E-state index contributed by atoms with van der Waals surface area (Å²) in [5.74, 6) is 0.520. The van der Waals surface area contributed by atoms with Crippen LogP contribution in [0.3, 0.4) is 0 Å². The Kier molecular flexibility index (Phi) is 5.05. The lowest BCUT2D eigenvalue weighted by Crippen LogP contribution is -2.29. The van der Waals surface area contributed by atoms with Crippen molar-refractivity contribution >= 4 is 45.3 Å². The lowest BCUT2D eigenvalue weighted by atomic mass is 10.2. The molecule has 0 aliphatic heterocycles. The molecule has 3 aromatic rings. The molecule has 25 heavy (non-hydrogen) atoms. The third kappa shape index (κ3) is 4.21. The van der Waals surface area contributed by atoms with Crippen LogP contribution in [-0.2, 0) is 0 Å². The van der Waals surface area contributed by atoms with E-state index in [0.29, 0.717) is 13.1 Å². The molecule has 128 valence electrons. The van der Waals surface area contributed by atoms with E-state index in [4.69, 9.17) is 5.11 Å². The minimum Gasteiger partial charge on any atom is -0.465 e. The van der Waals surface area contributed by atoms with E-state index in [9.17, 15) is 9.59 Å². The first-order chi connectivity index (χ1) is 12.1. The number of carbonyl (C=O) groups excluding carboxylic acids is 1. The van der Waals surface area contributed by atoms with Gasteiger partial charge in [-0.2, -0.15) is 4.37 Å². The van der Waals surface area contributed by atoms with Crippen LogP contribution in [0.15, 0.2) is 42.5 Å². The largest absolute Gasteiger partial charge is 0.465 e. The van der Waals surface area contributed by atoms with E-state index in [1.165, 1.54) is 23.7 Å². The Morgan fingerprint density at radius 3 is 2.76 bits per heavy atom.